The highest BCUT2D eigenvalue weighted by molar-refractivity contribution is 9.11. The van der Waals surface area contributed by atoms with Gasteiger partial charge in [-0.05, 0) is 85.5 Å². The molecule has 1 fully saturated rings. The summed E-state index contributed by atoms with van der Waals surface area (Å²) < 4.78 is 7.10. The fraction of sp³-hybridized carbons (Fsp3) is 0.0417. The van der Waals surface area contributed by atoms with Gasteiger partial charge in [-0.1, -0.05) is 47.5 Å². The number of carbonyl (C=O) groups is 3. The predicted molar refractivity (Wildman–Crippen MR) is 138 cm³/mol. The number of hydrogen-bond donors (Lipinski definition) is 1. The first kappa shape index (κ1) is 24.5. The first-order valence-electron chi connectivity index (χ1n) is 9.77. The second kappa shape index (κ2) is 10.3. The zero-order valence-corrected chi connectivity index (χ0v) is 21.8. The van der Waals surface area contributed by atoms with Crippen molar-refractivity contribution in [2.24, 2.45) is 0 Å². The van der Waals surface area contributed by atoms with Gasteiger partial charge in [0.05, 0.1) is 19.7 Å². The molecule has 1 aliphatic heterocycles. The van der Waals surface area contributed by atoms with Crippen molar-refractivity contribution in [1.82, 2.24) is 5.32 Å². The van der Waals surface area contributed by atoms with Crippen LogP contribution in [0.25, 0.3) is 6.08 Å². The van der Waals surface area contributed by atoms with Gasteiger partial charge in [0.25, 0.3) is 11.8 Å². The van der Waals surface area contributed by atoms with Crippen molar-refractivity contribution >= 4 is 84.7 Å². The van der Waals surface area contributed by atoms with Crippen molar-refractivity contribution in [2.75, 3.05) is 4.90 Å². The van der Waals surface area contributed by atoms with Crippen LogP contribution in [0.5, 0.6) is 5.75 Å². The number of anilines is 1. The van der Waals surface area contributed by atoms with E-state index < -0.39 is 17.8 Å². The molecule has 4 rings (SSSR count). The zero-order chi connectivity index (χ0) is 24.4. The number of hydrogen-bond acceptors (Lipinski definition) is 4. The minimum atomic E-state index is -0.868. The summed E-state index contributed by atoms with van der Waals surface area (Å²) >= 11 is 19.1. The van der Waals surface area contributed by atoms with Crippen molar-refractivity contribution in [3.8, 4) is 5.75 Å². The standard InChI is InChI=1S/C24H14Br2Cl2N2O4/c25-17-10-14(11-18(26)21(17)34-12-13-4-3-5-15(27)8-13)9-16-22(31)29-24(33)30(23(16)32)20-7-2-1-6-19(20)28/h1-11H,12H2,(H,29,31,33)/b16-9+. The minimum absolute atomic E-state index is 0.178. The molecule has 0 aliphatic carbocycles. The molecule has 1 heterocycles. The van der Waals surface area contributed by atoms with E-state index in [2.05, 4.69) is 37.2 Å². The quantitative estimate of drug-likeness (QED) is 0.251. The van der Waals surface area contributed by atoms with Crippen molar-refractivity contribution < 1.29 is 19.1 Å². The molecule has 0 spiro atoms. The summed E-state index contributed by atoms with van der Waals surface area (Å²) in [6.07, 6.45) is 1.39. The number of halogens is 4. The molecule has 6 nitrogen and oxygen atoms in total. The molecule has 172 valence electrons. The zero-order valence-electron chi connectivity index (χ0n) is 17.2. The van der Waals surface area contributed by atoms with Crippen LogP contribution in [-0.4, -0.2) is 17.8 Å². The van der Waals surface area contributed by atoms with Crippen molar-refractivity contribution in [3.63, 3.8) is 0 Å². The summed E-state index contributed by atoms with van der Waals surface area (Å²) in [5.74, 6) is -1.04. The second-order valence-corrected chi connectivity index (χ2v) is 9.69. The van der Waals surface area contributed by atoms with E-state index in [9.17, 15) is 14.4 Å². The molecular formula is C24H14Br2Cl2N2O4. The van der Waals surface area contributed by atoms with Gasteiger partial charge in [0.15, 0.2) is 0 Å². The van der Waals surface area contributed by atoms with Crippen LogP contribution >= 0.6 is 55.1 Å². The number of ether oxygens (including phenoxy) is 1. The highest BCUT2D eigenvalue weighted by Gasteiger charge is 2.37. The number of nitrogens with one attached hydrogen (secondary N) is 1. The lowest BCUT2D eigenvalue weighted by Gasteiger charge is -2.27. The lowest BCUT2D eigenvalue weighted by atomic mass is 10.1. The third-order valence-corrected chi connectivity index (χ3v) is 6.53. The molecule has 4 amide bonds. The van der Waals surface area contributed by atoms with Crippen molar-refractivity contribution in [1.29, 1.82) is 0 Å². The molecule has 0 unspecified atom stereocenters. The number of carbonyl (C=O) groups excluding carboxylic acids is 3. The molecule has 3 aromatic rings. The smallest absolute Gasteiger partial charge is 0.335 e. The maximum Gasteiger partial charge on any atom is 0.335 e. The van der Waals surface area contributed by atoms with Gasteiger partial charge in [0.2, 0.25) is 0 Å². The number of urea groups is 1. The van der Waals surface area contributed by atoms with E-state index >= 15 is 0 Å². The molecule has 0 bridgehead atoms. The fourth-order valence-corrected chi connectivity index (χ4v) is 5.14. The number of barbiturate groups is 1. The van der Waals surface area contributed by atoms with E-state index in [4.69, 9.17) is 27.9 Å². The monoisotopic (exact) mass is 622 g/mol. The summed E-state index contributed by atoms with van der Waals surface area (Å²) in [5.41, 5.74) is 1.38. The molecule has 0 saturated carbocycles. The van der Waals surface area contributed by atoms with Gasteiger partial charge in [-0.3, -0.25) is 14.9 Å². The van der Waals surface area contributed by atoms with Crippen molar-refractivity contribution in [3.05, 3.63) is 96.4 Å². The van der Waals surface area contributed by atoms with E-state index in [0.29, 0.717) is 25.3 Å². The summed E-state index contributed by atoms with van der Waals surface area (Å²) in [5, 5.41) is 2.99. The highest BCUT2D eigenvalue weighted by atomic mass is 79.9. The SMILES string of the molecule is O=C1NC(=O)N(c2ccccc2Cl)C(=O)/C1=C/c1cc(Br)c(OCc2cccc(Cl)c2)c(Br)c1. The Balaban J connectivity index is 1.62. The number of nitrogens with zero attached hydrogens (tertiary/aromatic N) is 1. The summed E-state index contributed by atoms with van der Waals surface area (Å²) in [6.45, 7) is 0.286. The van der Waals surface area contributed by atoms with Crippen LogP contribution in [0.15, 0.2) is 75.2 Å². The maximum absolute atomic E-state index is 13.1. The fourth-order valence-electron chi connectivity index (χ4n) is 3.26. The number of para-hydroxylation sites is 1. The van der Waals surface area contributed by atoms with E-state index in [1.807, 2.05) is 18.2 Å². The summed E-state index contributed by atoms with van der Waals surface area (Å²) in [7, 11) is 0. The maximum atomic E-state index is 13.1. The third-order valence-electron chi connectivity index (χ3n) is 4.80. The highest BCUT2D eigenvalue weighted by Crippen LogP contribution is 2.36. The first-order chi connectivity index (χ1) is 16.2. The minimum Gasteiger partial charge on any atom is -0.487 e. The van der Waals surface area contributed by atoms with Gasteiger partial charge in [0.1, 0.15) is 17.9 Å². The Bertz CT molecular complexity index is 1340. The van der Waals surface area contributed by atoms with Crippen LogP contribution in [0.4, 0.5) is 10.5 Å². The Morgan fingerprint density at radius 3 is 2.32 bits per heavy atom. The van der Waals surface area contributed by atoms with Crippen LogP contribution in [0.1, 0.15) is 11.1 Å². The molecule has 1 saturated heterocycles. The Morgan fingerprint density at radius 1 is 0.941 bits per heavy atom. The largest absolute Gasteiger partial charge is 0.487 e. The van der Waals surface area contributed by atoms with Gasteiger partial charge >= 0.3 is 6.03 Å². The van der Waals surface area contributed by atoms with Gasteiger partial charge < -0.3 is 4.74 Å². The van der Waals surface area contributed by atoms with Crippen LogP contribution in [0, 0.1) is 0 Å². The van der Waals surface area contributed by atoms with E-state index in [1.165, 1.54) is 12.1 Å². The van der Waals surface area contributed by atoms with E-state index in [0.717, 1.165) is 10.5 Å². The Labute approximate surface area is 221 Å². The Morgan fingerprint density at radius 2 is 1.65 bits per heavy atom. The molecule has 34 heavy (non-hydrogen) atoms. The summed E-state index contributed by atoms with van der Waals surface area (Å²) in [6, 6.07) is 16.2. The number of imide groups is 2. The normalized spacial score (nSPS) is 15.0. The average molecular weight is 625 g/mol. The third kappa shape index (κ3) is 5.20. The van der Waals surface area contributed by atoms with E-state index in [-0.39, 0.29) is 22.9 Å². The summed E-state index contributed by atoms with van der Waals surface area (Å²) in [4.78, 5) is 38.8. The van der Waals surface area contributed by atoms with Gasteiger partial charge in [-0.2, -0.15) is 0 Å². The van der Waals surface area contributed by atoms with Crippen molar-refractivity contribution in [2.45, 2.75) is 6.61 Å². The molecule has 0 aromatic heterocycles. The molecular weight excluding hydrogens is 611 g/mol. The Kier molecular flexibility index (Phi) is 7.42. The molecule has 1 N–H and O–H groups in total. The molecule has 0 atom stereocenters. The Hall–Kier alpha value is -2.65. The van der Waals surface area contributed by atoms with Gasteiger partial charge in [-0.25, -0.2) is 9.69 Å². The molecule has 10 heteroatoms. The topological polar surface area (TPSA) is 75.7 Å². The van der Waals surface area contributed by atoms with E-state index in [1.54, 1.807) is 36.4 Å². The van der Waals surface area contributed by atoms with Crippen LogP contribution in [0.3, 0.4) is 0 Å². The molecule has 3 aromatic carbocycles. The first-order valence-corrected chi connectivity index (χ1v) is 12.1. The molecule has 1 aliphatic rings. The second-order valence-electron chi connectivity index (χ2n) is 7.14. The van der Waals surface area contributed by atoms with Gasteiger partial charge in [0, 0.05) is 5.02 Å². The number of amides is 4. The number of rotatable bonds is 5. The average Bonchev–Trinajstić information content (AvgIpc) is 2.77. The number of benzene rings is 3. The van der Waals surface area contributed by atoms with Crippen LogP contribution in [-0.2, 0) is 16.2 Å². The van der Waals surface area contributed by atoms with Gasteiger partial charge in [-0.15, -0.1) is 0 Å². The molecule has 0 radical (unpaired) electrons. The lowest BCUT2D eigenvalue weighted by Crippen LogP contribution is -2.54. The predicted octanol–water partition coefficient (Wildman–Crippen LogP) is 6.76. The van der Waals surface area contributed by atoms with Crippen LogP contribution < -0.4 is 15.0 Å². The van der Waals surface area contributed by atoms with Crippen LogP contribution in [0.2, 0.25) is 10.0 Å². The lowest BCUT2D eigenvalue weighted by molar-refractivity contribution is -0.122.